The number of halogens is 1. The maximum atomic E-state index is 10.8. The van der Waals surface area contributed by atoms with Crippen LogP contribution in [0.25, 0.3) is 10.8 Å². The molecule has 0 bridgehead atoms. The summed E-state index contributed by atoms with van der Waals surface area (Å²) in [7, 11) is 0. The molecule has 2 rings (SSSR count). The first-order chi connectivity index (χ1) is 10.7. The maximum Gasteiger partial charge on any atom is 0.314 e. The second-order valence-corrected chi connectivity index (χ2v) is 6.03. The molecule has 118 valence electrons. The SMILES string of the molecule is CC(=O)OSCCc1cccc2ccc(OCCCCl)cc12. The van der Waals surface area contributed by atoms with Crippen molar-refractivity contribution < 1.29 is 13.7 Å². The third-order valence-electron chi connectivity index (χ3n) is 3.12. The Morgan fingerprint density at radius 1 is 1.27 bits per heavy atom. The monoisotopic (exact) mass is 338 g/mol. The zero-order valence-electron chi connectivity index (χ0n) is 12.5. The largest absolute Gasteiger partial charge is 0.494 e. The molecule has 0 N–H and O–H groups in total. The molecule has 5 heteroatoms. The van der Waals surface area contributed by atoms with E-state index in [9.17, 15) is 4.79 Å². The van der Waals surface area contributed by atoms with Crippen molar-refractivity contribution in [1.82, 2.24) is 0 Å². The Morgan fingerprint density at radius 2 is 2.14 bits per heavy atom. The number of carbonyl (C=O) groups is 1. The van der Waals surface area contributed by atoms with Crippen molar-refractivity contribution in [1.29, 1.82) is 0 Å². The average molecular weight is 339 g/mol. The number of benzene rings is 2. The molecule has 22 heavy (non-hydrogen) atoms. The van der Waals surface area contributed by atoms with Crippen molar-refractivity contribution in [3.8, 4) is 5.75 Å². The summed E-state index contributed by atoms with van der Waals surface area (Å²) in [5.41, 5.74) is 1.22. The van der Waals surface area contributed by atoms with Gasteiger partial charge in [0.1, 0.15) is 5.75 Å². The van der Waals surface area contributed by atoms with E-state index in [0.717, 1.165) is 24.3 Å². The topological polar surface area (TPSA) is 35.5 Å². The first kappa shape index (κ1) is 17.0. The summed E-state index contributed by atoms with van der Waals surface area (Å²) in [6.45, 7) is 2.04. The van der Waals surface area contributed by atoms with Crippen LogP contribution >= 0.6 is 23.6 Å². The van der Waals surface area contributed by atoms with E-state index in [0.29, 0.717) is 12.5 Å². The lowest BCUT2D eigenvalue weighted by molar-refractivity contribution is -0.130. The molecule has 0 aliphatic carbocycles. The van der Waals surface area contributed by atoms with E-state index >= 15 is 0 Å². The summed E-state index contributed by atoms with van der Waals surface area (Å²) in [6, 6.07) is 12.3. The number of aryl methyl sites for hydroxylation is 1. The highest BCUT2D eigenvalue weighted by Gasteiger charge is 2.04. The highest BCUT2D eigenvalue weighted by atomic mass is 35.5. The molecule has 0 saturated heterocycles. The molecule has 0 unspecified atom stereocenters. The van der Waals surface area contributed by atoms with Crippen LogP contribution in [0.5, 0.6) is 5.75 Å². The zero-order chi connectivity index (χ0) is 15.8. The van der Waals surface area contributed by atoms with Gasteiger partial charge in [-0.3, -0.25) is 4.79 Å². The van der Waals surface area contributed by atoms with Gasteiger partial charge in [0.2, 0.25) is 0 Å². The molecule has 0 aliphatic rings. The molecule has 0 aromatic heterocycles. The number of hydrogen-bond acceptors (Lipinski definition) is 4. The van der Waals surface area contributed by atoms with Gasteiger partial charge in [0.05, 0.1) is 18.6 Å². The van der Waals surface area contributed by atoms with Gasteiger partial charge < -0.3 is 8.92 Å². The van der Waals surface area contributed by atoms with Crippen molar-refractivity contribution in [3.05, 3.63) is 42.0 Å². The average Bonchev–Trinajstić information content (AvgIpc) is 2.52. The van der Waals surface area contributed by atoms with Crippen LogP contribution in [0.2, 0.25) is 0 Å². The summed E-state index contributed by atoms with van der Waals surface area (Å²) in [6.07, 6.45) is 1.67. The van der Waals surface area contributed by atoms with Crippen LogP contribution in [0.1, 0.15) is 18.9 Å². The second kappa shape index (κ2) is 8.91. The molecule has 0 atom stereocenters. The van der Waals surface area contributed by atoms with Gasteiger partial charge in [-0.05, 0) is 41.3 Å². The van der Waals surface area contributed by atoms with Crippen LogP contribution in [-0.4, -0.2) is 24.2 Å². The predicted molar refractivity (Wildman–Crippen MR) is 92.7 cm³/mol. The number of ether oxygens (including phenoxy) is 1. The molecule has 0 radical (unpaired) electrons. The van der Waals surface area contributed by atoms with Gasteiger partial charge in [-0.1, -0.05) is 24.3 Å². The van der Waals surface area contributed by atoms with Crippen molar-refractivity contribution in [2.24, 2.45) is 0 Å². The molecular weight excluding hydrogens is 320 g/mol. The van der Waals surface area contributed by atoms with E-state index in [1.165, 1.54) is 35.3 Å². The minimum Gasteiger partial charge on any atom is -0.494 e. The third-order valence-corrected chi connectivity index (χ3v) is 4.11. The van der Waals surface area contributed by atoms with Gasteiger partial charge in [-0.25, -0.2) is 0 Å². The fourth-order valence-corrected chi connectivity index (χ4v) is 2.81. The minimum atomic E-state index is -0.266. The van der Waals surface area contributed by atoms with Gasteiger partial charge in [-0.15, -0.1) is 11.6 Å². The predicted octanol–water partition coefficient (Wildman–Crippen LogP) is 4.60. The van der Waals surface area contributed by atoms with Crippen molar-refractivity contribution in [2.75, 3.05) is 18.2 Å². The Morgan fingerprint density at radius 3 is 2.91 bits per heavy atom. The van der Waals surface area contributed by atoms with Gasteiger partial charge in [0.25, 0.3) is 0 Å². The Bertz CT molecular complexity index is 630. The lowest BCUT2D eigenvalue weighted by Crippen LogP contribution is -1.98. The Hall–Kier alpha value is -1.39. The number of fused-ring (bicyclic) bond motifs is 1. The molecule has 0 spiro atoms. The Kier molecular flexibility index (Phi) is 6.87. The molecule has 3 nitrogen and oxygen atoms in total. The van der Waals surface area contributed by atoms with E-state index < -0.39 is 0 Å². The number of alkyl halides is 1. The van der Waals surface area contributed by atoms with Gasteiger partial charge in [-0.2, -0.15) is 0 Å². The number of rotatable bonds is 8. The van der Waals surface area contributed by atoms with Crippen LogP contribution in [0.3, 0.4) is 0 Å². The Labute approximate surface area is 140 Å². The molecule has 2 aromatic rings. The van der Waals surface area contributed by atoms with Gasteiger partial charge in [0, 0.05) is 18.6 Å². The molecule has 2 aromatic carbocycles. The van der Waals surface area contributed by atoms with Crippen molar-refractivity contribution in [2.45, 2.75) is 19.8 Å². The normalized spacial score (nSPS) is 10.6. The van der Waals surface area contributed by atoms with Gasteiger partial charge in [0.15, 0.2) is 0 Å². The van der Waals surface area contributed by atoms with E-state index in [1.807, 2.05) is 12.1 Å². The van der Waals surface area contributed by atoms with Crippen LogP contribution in [0.15, 0.2) is 36.4 Å². The minimum absolute atomic E-state index is 0.266. The summed E-state index contributed by atoms with van der Waals surface area (Å²) >= 11 is 6.85. The fraction of sp³-hybridized carbons (Fsp3) is 0.353. The zero-order valence-corrected chi connectivity index (χ0v) is 14.1. The van der Waals surface area contributed by atoms with Crippen molar-refractivity contribution in [3.63, 3.8) is 0 Å². The summed E-state index contributed by atoms with van der Waals surface area (Å²) in [5.74, 6) is 1.93. The smallest absolute Gasteiger partial charge is 0.314 e. The molecule has 0 heterocycles. The maximum absolute atomic E-state index is 10.8. The molecule has 0 fully saturated rings. The molecule has 0 aliphatic heterocycles. The van der Waals surface area contributed by atoms with Crippen LogP contribution < -0.4 is 4.74 Å². The lowest BCUT2D eigenvalue weighted by Gasteiger charge is -2.10. The van der Waals surface area contributed by atoms with Crippen LogP contribution in [0, 0.1) is 0 Å². The first-order valence-electron chi connectivity index (χ1n) is 7.21. The fourth-order valence-electron chi connectivity index (χ4n) is 2.15. The first-order valence-corrected chi connectivity index (χ1v) is 8.65. The molecule has 0 saturated carbocycles. The quantitative estimate of drug-likeness (QED) is 0.400. The number of carbonyl (C=O) groups excluding carboxylic acids is 1. The van der Waals surface area contributed by atoms with Crippen molar-refractivity contribution >= 4 is 40.4 Å². The van der Waals surface area contributed by atoms with E-state index in [2.05, 4.69) is 24.3 Å². The standard InChI is InChI=1S/C17H19ClO3S/c1-13(19)21-22-11-8-15-5-2-4-14-6-7-16(12-17(14)15)20-10-3-9-18/h2,4-7,12H,3,8-11H2,1H3. The van der Waals surface area contributed by atoms with E-state index in [1.54, 1.807) is 0 Å². The molecular formula is C17H19ClO3S. The van der Waals surface area contributed by atoms with Crippen LogP contribution in [-0.2, 0) is 15.4 Å². The summed E-state index contributed by atoms with van der Waals surface area (Å²) in [4.78, 5) is 10.8. The Balaban J connectivity index is 2.08. The lowest BCUT2D eigenvalue weighted by atomic mass is 10.0. The van der Waals surface area contributed by atoms with E-state index in [4.69, 9.17) is 20.5 Å². The highest BCUT2D eigenvalue weighted by molar-refractivity contribution is 7.95. The molecule has 0 amide bonds. The van der Waals surface area contributed by atoms with E-state index in [-0.39, 0.29) is 5.97 Å². The summed E-state index contributed by atoms with van der Waals surface area (Å²) < 4.78 is 10.6. The number of hydrogen-bond donors (Lipinski definition) is 0. The van der Waals surface area contributed by atoms with Gasteiger partial charge >= 0.3 is 5.97 Å². The summed E-state index contributed by atoms with van der Waals surface area (Å²) in [5, 5.41) is 2.36. The van der Waals surface area contributed by atoms with Crippen LogP contribution in [0.4, 0.5) is 0 Å². The third kappa shape index (κ3) is 5.11. The second-order valence-electron chi connectivity index (χ2n) is 4.84. The highest BCUT2D eigenvalue weighted by Crippen LogP contribution is 2.25.